The van der Waals surface area contributed by atoms with Crippen molar-refractivity contribution in [2.75, 3.05) is 0 Å². The third kappa shape index (κ3) is 2.94. The second-order valence-electron chi connectivity index (χ2n) is 3.74. The van der Waals surface area contributed by atoms with Crippen LogP contribution in [0.1, 0.15) is 27.6 Å². The lowest BCUT2D eigenvalue weighted by molar-refractivity contribution is 0.586. The van der Waals surface area contributed by atoms with Crippen LogP contribution in [0.5, 0.6) is 0 Å². The van der Waals surface area contributed by atoms with Gasteiger partial charge in [-0.3, -0.25) is 0 Å². The molecule has 4 heteroatoms. The fourth-order valence-electron chi connectivity index (χ4n) is 1.48. The molecular weight excluding hydrogens is 302 g/mol. The van der Waals surface area contributed by atoms with Crippen LogP contribution >= 0.6 is 38.6 Å². The predicted octanol–water partition coefficient (Wildman–Crippen LogP) is 4.73. The normalized spacial score (nSPS) is 12.9. The van der Waals surface area contributed by atoms with Crippen LogP contribution in [-0.4, -0.2) is 0 Å². The van der Waals surface area contributed by atoms with Crippen molar-refractivity contribution in [2.24, 2.45) is 0 Å². The van der Waals surface area contributed by atoms with E-state index < -0.39 is 0 Å². The summed E-state index contributed by atoms with van der Waals surface area (Å²) in [5.41, 5.74) is 0. The van der Waals surface area contributed by atoms with E-state index in [4.69, 9.17) is 0 Å². The summed E-state index contributed by atoms with van der Waals surface area (Å²) in [6.07, 6.45) is 0. The average molecular weight is 316 g/mol. The zero-order chi connectivity index (χ0) is 11.5. The largest absolute Gasteiger partial charge is 0.305 e. The summed E-state index contributed by atoms with van der Waals surface area (Å²) in [5, 5.41) is 5.66. The van der Waals surface area contributed by atoms with Gasteiger partial charge in [-0.05, 0) is 53.4 Å². The molecule has 0 saturated carbocycles. The van der Waals surface area contributed by atoms with E-state index in [1.165, 1.54) is 19.1 Å². The third-order valence-corrected chi connectivity index (χ3v) is 5.56. The van der Waals surface area contributed by atoms with E-state index in [9.17, 15) is 0 Å². The minimum Gasteiger partial charge on any atom is -0.305 e. The monoisotopic (exact) mass is 315 g/mol. The summed E-state index contributed by atoms with van der Waals surface area (Å²) >= 11 is 7.20. The fraction of sp³-hybridized carbons (Fsp3) is 0.333. The SMILES string of the molecule is Cc1ccc(C(C)NCc2sccc2Br)s1. The molecule has 2 aromatic heterocycles. The van der Waals surface area contributed by atoms with Crippen molar-refractivity contribution in [3.05, 3.63) is 42.7 Å². The Hall–Kier alpha value is -0.160. The van der Waals surface area contributed by atoms with Crippen molar-refractivity contribution >= 4 is 38.6 Å². The molecular formula is C12H14BrNS2. The summed E-state index contributed by atoms with van der Waals surface area (Å²) in [4.78, 5) is 4.14. The highest BCUT2D eigenvalue weighted by Crippen LogP contribution is 2.25. The van der Waals surface area contributed by atoms with Gasteiger partial charge in [0.25, 0.3) is 0 Å². The Kier molecular flexibility index (Phi) is 4.19. The molecule has 86 valence electrons. The van der Waals surface area contributed by atoms with Crippen LogP contribution in [0.3, 0.4) is 0 Å². The van der Waals surface area contributed by atoms with Crippen LogP contribution in [0.2, 0.25) is 0 Å². The highest BCUT2D eigenvalue weighted by Gasteiger charge is 2.08. The van der Waals surface area contributed by atoms with E-state index in [1.807, 2.05) is 11.3 Å². The quantitative estimate of drug-likeness (QED) is 0.860. The molecule has 2 rings (SSSR count). The van der Waals surface area contributed by atoms with Crippen LogP contribution in [0.4, 0.5) is 0 Å². The van der Waals surface area contributed by atoms with E-state index in [0.29, 0.717) is 6.04 Å². The van der Waals surface area contributed by atoms with Crippen molar-refractivity contribution in [3.8, 4) is 0 Å². The van der Waals surface area contributed by atoms with Crippen LogP contribution in [0.15, 0.2) is 28.1 Å². The number of aryl methyl sites for hydroxylation is 1. The van der Waals surface area contributed by atoms with Crippen LogP contribution in [0.25, 0.3) is 0 Å². The molecule has 0 aliphatic rings. The lowest BCUT2D eigenvalue weighted by Crippen LogP contribution is -2.16. The number of rotatable bonds is 4. The fourth-order valence-corrected chi connectivity index (χ4v) is 3.83. The smallest absolute Gasteiger partial charge is 0.0389 e. The molecule has 0 fully saturated rings. The van der Waals surface area contributed by atoms with Gasteiger partial charge in [-0.1, -0.05) is 0 Å². The molecule has 1 atom stereocenters. The molecule has 0 bridgehead atoms. The lowest BCUT2D eigenvalue weighted by Gasteiger charge is -2.11. The second-order valence-corrected chi connectivity index (χ2v) is 6.92. The Labute approximate surface area is 113 Å². The second kappa shape index (κ2) is 5.45. The summed E-state index contributed by atoms with van der Waals surface area (Å²) in [5.74, 6) is 0. The number of hydrogen-bond acceptors (Lipinski definition) is 3. The first-order valence-electron chi connectivity index (χ1n) is 5.18. The van der Waals surface area contributed by atoms with Gasteiger partial charge < -0.3 is 5.32 Å². The summed E-state index contributed by atoms with van der Waals surface area (Å²) in [6.45, 7) is 5.29. The van der Waals surface area contributed by atoms with Crippen LogP contribution in [0, 0.1) is 6.92 Å². The third-order valence-electron chi connectivity index (χ3n) is 2.45. The van der Waals surface area contributed by atoms with Crippen LogP contribution < -0.4 is 5.32 Å². The van der Waals surface area contributed by atoms with Crippen molar-refractivity contribution in [1.29, 1.82) is 0 Å². The van der Waals surface area contributed by atoms with Gasteiger partial charge in [-0.15, -0.1) is 22.7 Å². The van der Waals surface area contributed by atoms with Gasteiger partial charge in [0.05, 0.1) is 0 Å². The maximum absolute atomic E-state index is 3.55. The lowest BCUT2D eigenvalue weighted by atomic mass is 10.2. The van der Waals surface area contributed by atoms with Crippen molar-refractivity contribution in [2.45, 2.75) is 26.4 Å². The standard InChI is InChI=1S/C12H14BrNS2/c1-8-3-4-11(16-8)9(2)14-7-12-10(13)5-6-15-12/h3-6,9,14H,7H2,1-2H3. The maximum Gasteiger partial charge on any atom is 0.0389 e. The predicted molar refractivity (Wildman–Crippen MR) is 76.3 cm³/mol. The molecule has 0 spiro atoms. The number of halogens is 1. The van der Waals surface area contributed by atoms with Gasteiger partial charge in [-0.2, -0.15) is 0 Å². The van der Waals surface area contributed by atoms with E-state index in [1.54, 1.807) is 11.3 Å². The zero-order valence-electron chi connectivity index (χ0n) is 9.29. The first-order valence-corrected chi connectivity index (χ1v) is 7.67. The van der Waals surface area contributed by atoms with E-state index in [2.05, 4.69) is 58.7 Å². The topological polar surface area (TPSA) is 12.0 Å². The van der Waals surface area contributed by atoms with Gasteiger partial charge in [0.2, 0.25) is 0 Å². The Balaban J connectivity index is 1.93. The molecule has 0 amide bonds. The molecule has 0 aliphatic carbocycles. The van der Waals surface area contributed by atoms with E-state index in [-0.39, 0.29) is 0 Å². The molecule has 0 aromatic carbocycles. The van der Waals surface area contributed by atoms with Crippen molar-refractivity contribution in [1.82, 2.24) is 5.32 Å². The Morgan fingerprint density at radius 2 is 2.19 bits per heavy atom. The highest BCUT2D eigenvalue weighted by atomic mass is 79.9. The number of hydrogen-bond donors (Lipinski definition) is 1. The zero-order valence-corrected chi connectivity index (χ0v) is 12.5. The molecule has 0 saturated heterocycles. The molecule has 0 radical (unpaired) electrons. The molecule has 0 aliphatic heterocycles. The first kappa shape index (κ1) is 12.3. The van der Waals surface area contributed by atoms with Crippen molar-refractivity contribution in [3.63, 3.8) is 0 Å². The minimum absolute atomic E-state index is 0.424. The molecule has 1 nitrogen and oxygen atoms in total. The van der Waals surface area contributed by atoms with Crippen LogP contribution in [-0.2, 0) is 6.54 Å². The Morgan fingerprint density at radius 3 is 2.75 bits per heavy atom. The molecule has 16 heavy (non-hydrogen) atoms. The van der Waals surface area contributed by atoms with Gasteiger partial charge in [-0.25, -0.2) is 0 Å². The molecule has 2 aromatic rings. The summed E-state index contributed by atoms with van der Waals surface area (Å²) < 4.78 is 1.21. The van der Waals surface area contributed by atoms with Gasteiger partial charge >= 0.3 is 0 Å². The van der Waals surface area contributed by atoms with E-state index >= 15 is 0 Å². The summed E-state index contributed by atoms with van der Waals surface area (Å²) in [7, 11) is 0. The molecule has 2 heterocycles. The van der Waals surface area contributed by atoms with Gasteiger partial charge in [0.1, 0.15) is 0 Å². The first-order chi connectivity index (χ1) is 7.66. The molecule has 1 N–H and O–H groups in total. The summed E-state index contributed by atoms with van der Waals surface area (Å²) in [6, 6.07) is 6.91. The van der Waals surface area contributed by atoms with Crippen molar-refractivity contribution < 1.29 is 0 Å². The van der Waals surface area contributed by atoms with Gasteiger partial charge in [0, 0.05) is 31.7 Å². The maximum atomic E-state index is 3.55. The average Bonchev–Trinajstić information content (AvgIpc) is 2.84. The Bertz CT molecular complexity index is 461. The highest BCUT2D eigenvalue weighted by molar-refractivity contribution is 9.10. The Morgan fingerprint density at radius 1 is 1.38 bits per heavy atom. The molecule has 1 unspecified atom stereocenters. The van der Waals surface area contributed by atoms with E-state index in [0.717, 1.165) is 6.54 Å². The minimum atomic E-state index is 0.424. The van der Waals surface area contributed by atoms with Gasteiger partial charge in [0.15, 0.2) is 0 Å². The number of nitrogens with one attached hydrogen (secondary N) is 1. The number of thiophene rings is 2.